The summed E-state index contributed by atoms with van der Waals surface area (Å²) < 4.78 is 37.2. The molecule has 3 aromatic heterocycles. The summed E-state index contributed by atoms with van der Waals surface area (Å²) in [6.07, 6.45) is 2.87. The lowest BCUT2D eigenvalue weighted by atomic mass is 9.94. The standard InChI is InChI=1S/C26H30N4O5S/c1-7-35-25-21(34-5)12-11-19(28-25)20(14-36(6,32)33)30-24-23(29-26(30)31)17(4)18(13-27-24)22-15(2)9-8-10-16(22)3/h8-13,20H,7,14H2,1-6H3,(H,29,31). The molecule has 190 valence electrons. The van der Waals surface area contributed by atoms with E-state index in [0.717, 1.165) is 34.1 Å². The number of rotatable bonds is 8. The molecule has 10 heteroatoms. The first-order valence-electron chi connectivity index (χ1n) is 11.6. The van der Waals surface area contributed by atoms with Crippen LogP contribution >= 0.6 is 0 Å². The molecular weight excluding hydrogens is 480 g/mol. The molecule has 0 aliphatic heterocycles. The number of H-pyrrole nitrogens is 1. The van der Waals surface area contributed by atoms with Crippen molar-refractivity contribution in [2.24, 2.45) is 0 Å². The molecule has 4 aromatic rings. The van der Waals surface area contributed by atoms with Gasteiger partial charge < -0.3 is 14.5 Å². The van der Waals surface area contributed by atoms with E-state index in [4.69, 9.17) is 9.47 Å². The van der Waals surface area contributed by atoms with Crippen molar-refractivity contribution in [2.75, 3.05) is 25.7 Å². The fourth-order valence-corrected chi connectivity index (χ4v) is 5.46. The van der Waals surface area contributed by atoms with Gasteiger partial charge in [-0.2, -0.15) is 0 Å². The molecule has 0 aliphatic carbocycles. The first-order valence-corrected chi connectivity index (χ1v) is 13.6. The minimum atomic E-state index is -3.51. The number of aryl methyl sites for hydroxylation is 3. The predicted molar refractivity (Wildman–Crippen MR) is 140 cm³/mol. The van der Waals surface area contributed by atoms with E-state index in [1.165, 1.54) is 11.7 Å². The largest absolute Gasteiger partial charge is 0.491 e. The second-order valence-electron chi connectivity index (χ2n) is 8.85. The van der Waals surface area contributed by atoms with Gasteiger partial charge in [0.1, 0.15) is 9.84 Å². The third-order valence-corrected chi connectivity index (χ3v) is 7.13. The zero-order valence-corrected chi connectivity index (χ0v) is 22.1. The van der Waals surface area contributed by atoms with Gasteiger partial charge >= 0.3 is 5.69 Å². The SMILES string of the molecule is CCOc1nc(C(CS(C)(=O)=O)n2c(=O)[nH]c3c(C)c(-c4c(C)cccc4C)cnc32)ccc1OC. The summed E-state index contributed by atoms with van der Waals surface area (Å²) in [7, 11) is -2.01. The molecule has 9 nitrogen and oxygen atoms in total. The minimum absolute atomic E-state index is 0.227. The van der Waals surface area contributed by atoms with E-state index >= 15 is 0 Å². The van der Waals surface area contributed by atoms with Crippen LogP contribution in [-0.2, 0) is 9.84 Å². The number of pyridine rings is 2. The molecule has 1 atom stereocenters. The highest BCUT2D eigenvalue weighted by molar-refractivity contribution is 7.90. The fourth-order valence-electron chi connectivity index (χ4n) is 4.57. The summed E-state index contributed by atoms with van der Waals surface area (Å²) in [5.41, 5.74) is 5.81. The second-order valence-corrected chi connectivity index (χ2v) is 11.0. The molecule has 0 bridgehead atoms. The topological polar surface area (TPSA) is 116 Å². The van der Waals surface area contributed by atoms with Crippen LogP contribution in [0.3, 0.4) is 0 Å². The Bertz CT molecular complexity index is 1580. The Morgan fingerprint density at radius 2 is 1.81 bits per heavy atom. The van der Waals surface area contributed by atoms with E-state index in [1.54, 1.807) is 18.3 Å². The molecule has 0 saturated carbocycles. The van der Waals surface area contributed by atoms with Crippen LogP contribution in [0.2, 0.25) is 0 Å². The third kappa shape index (κ3) is 4.73. The minimum Gasteiger partial charge on any atom is -0.491 e. The van der Waals surface area contributed by atoms with Crippen molar-refractivity contribution in [3.8, 4) is 22.8 Å². The van der Waals surface area contributed by atoms with Crippen molar-refractivity contribution >= 4 is 21.0 Å². The molecule has 1 N–H and O–H groups in total. The maximum atomic E-state index is 13.3. The number of imidazole rings is 1. The zero-order valence-electron chi connectivity index (χ0n) is 21.2. The molecule has 0 fully saturated rings. The van der Waals surface area contributed by atoms with Gasteiger partial charge in [0.15, 0.2) is 11.4 Å². The second kappa shape index (κ2) is 9.77. The van der Waals surface area contributed by atoms with E-state index in [0.29, 0.717) is 29.2 Å². The van der Waals surface area contributed by atoms with Crippen LogP contribution in [0.5, 0.6) is 11.6 Å². The molecule has 0 radical (unpaired) electrons. The molecule has 0 amide bonds. The number of sulfone groups is 1. The third-order valence-electron chi connectivity index (χ3n) is 6.21. The van der Waals surface area contributed by atoms with E-state index in [1.807, 2.05) is 45.9 Å². The summed E-state index contributed by atoms with van der Waals surface area (Å²) in [6, 6.07) is 8.44. The lowest BCUT2D eigenvalue weighted by Gasteiger charge is -2.19. The molecule has 0 saturated heterocycles. The van der Waals surface area contributed by atoms with Crippen molar-refractivity contribution in [1.29, 1.82) is 0 Å². The lowest BCUT2D eigenvalue weighted by molar-refractivity contribution is 0.296. The van der Waals surface area contributed by atoms with Crippen molar-refractivity contribution in [3.63, 3.8) is 0 Å². The average molecular weight is 511 g/mol. The van der Waals surface area contributed by atoms with Crippen molar-refractivity contribution in [3.05, 3.63) is 69.4 Å². The molecule has 4 rings (SSSR count). The van der Waals surface area contributed by atoms with Gasteiger partial charge in [-0.1, -0.05) is 18.2 Å². The summed E-state index contributed by atoms with van der Waals surface area (Å²) in [6.45, 7) is 8.15. The van der Waals surface area contributed by atoms with Gasteiger partial charge in [0, 0.05) is 18.0 Å². The Morgan fingerprint density at radius 1 is 1.11 bits per heavy atom. The summed E-state index contributed by atoms with van der Waals surface area (Å²) in [5, 5.41) is 0. The Balaban J connectivity index is 1.95. The maximum absolute atomic E-state index is 13.3. The Morgan fingerprint density at radius 3 is 2.42 bits per heavy atom. The molecule has 36 heavy (non-hydrogen) atoms. The van der Waals surface area contributed by atoms with Gasteiger partial charge in [0.05, 0.1) is 36.7 Å². The number of aromatic nitrogens is 4. The molecule has 0 spiro atoms. The normalized spacial score (nSPS) is 12.6. The van der Waals surface area contributed by atoms with Crippen molar-refractivity contribution < 1.29 is 17.9 Å². The highest BCUT2D eigenvalue weighted by Crippen LogP contribution is 2.34. The Hall–Kier alpha value is -3.66. The average Bonchev–Trinajstić information content (AvgIpc) is 3.15. The zero-order chi connectivity index (χ0) is 26.2. The summed E-state index contributed by atoms with van der Waals surface area (Å²) >= 11 is 0. The summed E-state index contributed by atoms with van der Waals surface area (Å²) in [4.78, 5) is 25.4. The Kier molecular flexibility index (Phi) is 6.90. The van der Waals surface area contributed by atoms with Gasteiger partial charge in [-0.25, -0.2) is 23.2 Å². The smallest absolute Gasteiger partial charge is 0.328 e. The van der Waals surface area contributed by atoms with Crippen LogP contribution in [0.4, 0.5) is 0 Å². The van der Waals surface area contributed by atoms with E-state index in [-0.39, 0.29) is 11.6 Å². The number of hydrogen-bond donors (Lipinski definition) is 1. The number of nitrogens with zero attached hydrogens (tertiary/aromatic N) is 3. The summed E-state index contributed by atoms with van der Waals surface area (Å²) in [5.74, 6) is 0.298. The van der Waals surface area contributed by atoms with Gasteiger partial charge in [-0.3, -0.25) is 4.57 Å². The van der Waals surface area contributed by atoms with Crippen molar-refractivity contribution in [2.45, 2.75) is 33.7 Å². The fraction of sp³-hybridized carbons (Fsp3) is 0.346. The molecule has 1 unspecified atom stereocenters. The first kappa shape index (κ1) is 25.4. The number of aromatic amines is 1. The van der Waals surface area contributed by atoms with Gasteiger partial charge in [0.2, 0.25) is 0 Å². The number of hydrogen-bond acceptors (Lipinski definition) is 7. The molecular formula is C26H30N4O5S. The van der Waals surface area contributed by atoms with Crippen molar-refractivity contribution in [1.82, 2.24) is 19.5 Å². The van der Waals surface area contributed by atoms with E-state index < -0.39 is 21.6 Å². The van der Waals surface area contributed by atoms with E-state index in [2.05, 4.69) is 15.0 Å². The quantitative estimate of drug-likeness (QED) is 0.384. The van der Waals surface area contributed by atoms with Crippen LogP contribution in [0.1, 0.15) is 35.3 Å². The van der Waals surface area contributed by atoms with Gasteiger partial charge in [-0.15, -0.1) is 0 Å². The number of benzene rings is 1. The highest BCUT2D eigenvalue weighted by atomic mass is 32.2. The maximum Gasteiger partial charge on any atom is 0.328 e. The van der Waals surface area contributed by atoms with Gasteiger partial charge in [0.25, 0.3) is 5.88 Å². The molecule has 3 heterocycles. The molecule has 0 aliphatic rings. The Labute approximate surface area is 210 Å². The van der Waals surface area contributed by atoms with Crippen LogP contribution in [-0.4, -0.2) is 53.7 Å². The highest BCUT2D eigenvalue weighted by Gasteiger charge is 2.27. The number of nitrogens with one attached hydrogen (secondary N) is 1. The van der Waals surface area contributed by atoms with Crippen LogP contribution in [0.15, 0.2) is 41.3 Å². The number of methoxy groups -OCH3 is 1. The number of fused-ring (bicyclic) bond motifs is 1. The lowest BCUT2D eigenvalue weighted by Crippen LogP contribution is -2.29. The van der Waals surface area contributed by atoms with E-state index in [9.17, 15) is 13.2 Å². The monoisotopic (exact) mass is 510 g/mol. The molecule has 1 aromatic carbocycles. The van der Waals surface area contributed by atoms with Crippen LogP contribution in [0.25, 0.3) is 22.3 Å². The predicted octanol–water partition coefficient (Wildman–Crippen LogP) is 3.75. The van der Waals surface area contributed by atoms with Crippen LogP contribution < -0.4 is 15.2 Å². The van der Waals surface area contributed by atoms with Gasteiger partial charge in [-0.05, 0) is 62.1 Å². The number of ether oxygens (including phenoxy) is 2. The van der Waals surface area contributed by atoms with Crippen LogP contribution in [0, 0.1) is 20.8 Å². The first-order chi connectivity index (χ1) is 17.1.